The second kappa shape index (κ2) is 5.54. The van der Waals surface area contributed by atoms with E-state index in [2.05, 4.69) is 15.3 Å². The molecule has 3 N–H and O–H groups in total. The molecule has 120 valence electrons. The van der Waals surface area contributed by atoms with Crippen LogP contribution < -0.4 is 5.32 Å². The first-order valence-corrected chi connectivity index (χ1v) is 8.18. The van der Waals surface area contributed by atoms with Crippen LogP contribution in [-0.2, 0) is 0 Å². The van der Waals surface area contributed by atoms with E-state index in [0.29, 0.717) is 10.8 Å². The number of thiazole rings is 1. The number of phenols is 2. The highest BCUT2D eigenvalue weighted by atomic mass is 32.1. The summed E-state index contributed by atoms with van der Waals surface area (Å²) in [7, 11) is 0. The molecule has 0 atom stereocenters. The van der Waals surface area contributed by atoms with Gasteiger partial charge in [-0.2, -0.15) is 0 Å². The molecule has 24 heavy (non-hydrogen) atoms. The van der Waals surface area contributed by atoms with Gasteiger partial charge in [0.25, 0.3) is 0 Å². The maximum atomic E-state index is 9.57. The van der Waals surface area contributed by atoms with E-state index in [9.17, 15) is 10.2 Å². The van der Waals surface area contributed by atoms with Crippen LogP contribution in [0.25, 0.3) is 17.0 Å². The van der Waals surface area contributed by atoms with Gasteiger partial charge in [0, 0.05) is 23.3 Å². The number of anilines is 2. The van der Waals surface area contributed by atoms with E-state index in [0.717, 1.165) is 22.7 Å². The molecule has 0 fully saturated rings. The number of aromatic nitrogens is 3. The van der Waals surface area contributed by atoms with Crippen molar-refractivity contribution in [1.29, 1.82) is 0 Å². The second-order valence-corrected chi connectivity index (χ2v) is 6.20. The molecule has 0 unspecified atom stereocenters. The number of hydrogen-bond acceptors (Lipinski definition) is 6. The zero-order chi connectivity index (χ0) is 16.7. The summed E-state index contributed by atoms with van der Waals surface area (Å²) in [6, 6.07) is 10.4. The highest BCUT2D eigenvalue weighted by Crippen LogP contribution is 2.32. The molecule has 0 aliphatic heterocycles. The van der Waals surface area contributed by atoms with Gasteiger partial charge in [0.2, 0.25) is 0 Å². The molecule has 0 radical (unpaired) electrons. The molecule has 6 nitrogen and oxygen atoms in total. The second-order valence-electron chi connectivity index (χ2n) is 5.34. The van der Waals surface area contributed by atoms with E-state index in [1.54, 1.807) is 6.07 Å². The van der Waals surface area contributed by atoms with Crippen molar-refractivity contribution in [3.05, 3.63) is 53.7 Å². The van der Waals surface area contributed by atoms with Gasteiger partial charge < -0.3 is 15.5 Å². The highest BCUT2D eigenvalue weighted by Gasteiger charge is 2.14. The maximum Gasteiger partial charge on any atom is 0.187 e. The zero-order valence-electron chi connectivity index (χ0n) is 12.8. The number of hydrogen-bond donors (Lipinski definition) is 3. The number of nitrogens with one attached hydrogen (secondary N) is 1. The number of nitrogens with zero attached hydrogens (tertiary/aromatic N) is 3. The number of aromatic hydroxyl groups is 2. The molecule has 0 spiro atoms. The molecular weight excluding hydrogens is 324 g/mol. The van der Waals surface area contributed by atoms with E-state index in [1.165, 1.54) is 23.5 Å². The average molecular weight is 338 g/mol. The van der Waals surface area contributed by atoms with Gasteiger partial charge in [0.1, 0.15) is 11.3 Å². The van der Waals surface area contributed by atoms with Crippen LogP contribution >= 0.6 is 11.3 Å². The Labute approximate surface area is 141 Å². The minimum atomic E-state index is -0.172. The molecule has 4 aromatic rings. The van der Waals surface area contributed by atoms with Gasteiger partial charge in [-0.1, -0.05) is 6.07 Å². The van der Waals surface area contributed by atoms with Crippen LogP contribution in [0.2, 0.25) is 0 Å². The van der Waals surface area contributed by atoms with Crippen molar-refractivity contribution >= 4 is 27.8 Å². The SMILES string of the molecule is Cc1nc2ccccn2c1-c1csc(Nc2ccc(O)c(O)c2)n1. The third-order valence-corrected chi connectivity index (χ3v) is 4.44. The van der Waals surface area contributed by atoms with Crippen LogP contribution in [0, 0.1) is 6.92 Å². The lowest BCUT2D eigenvalue weighted by molar-refractivity contribution is 0.404. The summed E-state index contributed by atoms with van der Waals surface area (Å²) in [5.74, 6) is -0.323. The third-order valence-electron chi connectivity index (χ3n) is 3.68. The predicted octanol–water partition coefficient (Wildman–Crippen LogP) is 3.92. The van der Waals surface area contributed by atoms with Crippen molar-refractivity contribution in [2.45, 2.75) is 6.92 Å². The molecular formula is C17H14N4O2S. The standard InChI is InChI=1S/C17H14N4O2S/c1-10-16(21-7-3-2-4-15(21)18-10)12-9-24-17(20-12)19-11-5-6-13(22)14(23)8-11/h2-9,22-23H,1H3,(H,19,20). The van der Waals surface area contributed by atoms with Crippen molar-refractivity contribution in [3.8, 4) is 22.9 Å². The molecule has 0 saturated heterocycles. The summed E-state index contributed by atoms with van der Waals surface area (Å²) in [6.45, 7) is 1.97. The Morgan fingerprint density at radius 1 is 1.08 bits per heavy atom. The molecule has 0 bridgehead atoms. The van der Waals surface area contributed by atoms with Crippen molar-refractivity contribution in [3.63, 3.8) is 0 Å². The fraction of sp³-hybridized carbons (Fsp3) is 0.0588. The smallest absolute Gasteiger partial charge is 0.187 e. The molecule has 4 rings (SSSR count). The van der Waals surface area contributed by atoms with Crippen molar-refractivity contribution in [2.75, 3.05) is 5.32 Å². The lowest BCUT2D eigenvalue weighted by Crippen LogP contribution is -1.91. The van der Waals surface area contributed by atoms with Gasteiger partial charge >= 0.3 is 0 Å². The topological polar surface area (TPSA) is 82.7 Å². The summed E-state index contributed by atoms with van der Waals surface area (Å²) >= 11 is 1.46. The Morgan fingerprint density at radius 2 is 1.96 bits per heavy atom. The molecule has 3 heterocycles. The van der Waals surface area contributed by atoms with Gasteiger partial charge in [-0.15, -0.1) is 11.3 Å². The summed E-state index contributed by atoms with van der Waals surface area (Å²) < 4.78 is 2.01. The third kappa shape index (κ3) is 2.44. The molecule has 1 aromatic carbocycles. The number of aryl methyl sites for hydroxylation is 1. The van der Waals surface area contributed by atoms with Crippen LogP contribution in [0.15, 0.2) is 48.0 Å². The zero-order valence-corrected chi connectivity index (χ0v) is 13.6. The summed E-state index contributed by atoms with van der Waals surface area (Å²) in [5.41, 5.74) is 4.25. The van der Waals surface area contributed by atoms with Crippen molar-refractivity contribution < 1.29 is 10.2 Å². The van der Waals surface area contributed by atoms with Gasteiger partial charge in [-0.05, 0) is 31.2 Å². The summed E-state index contributed by atoms with van der Waals surface area (Å²) in [4.78, 5) is 9.16. The minimum absolute atomic E-state index is 0.151. The monoisotopic (exact) mass is 338 g/mol. The van der Waals surface area contributed by atoms with Crippen LogP contribution in [0.3, 0.4) is 0 Å². The van der Waals surface area contributed by atoms with E-state index in [-0.39, 0.29) is 11.5 Å². The Bertz CT molecular complexity index is 1040. The number of rotatable bonds is 3. The van der Waals surface area contributed by atoms with Crippen LogP contribution in [0.5, 0.6) is 11.5 Å². The minimum Gasteiger partial charge on any atom is -0.504 e. The fourth-order valence-corrected chi connectivity index (χ4v) is 3.30. The molecule has 3 aromatic heterocycles. The highest BCUT2D eigenvalue weighted by molar-refractivity contribution is 7.14. The quantitative estimate of drug-likeness (QED) is 0.389. The van der Waals surface area contributed by atoms with E-state index in [4.69, 9.17) is 0 Å². The molecule has 0 saturated carbocycles. The van der Waals surface area contributed by atoms with E-state index in [1.807, 2.05) is 41.1 Å². The van der Waals surface area contributed by atoms with Crippen molar-refractivity contribution in [1.82, 2.24) is 14.4 Å². The molecule has 0 aliphatic rings. The maximum absolute atomic E-state index is 9.57. The van der Waals surface area contributed by atoms with Crippen LogP contribution in [0.4, 0.5) is 10.8 Å². The number of phenolic OH excluding ortho intramolecular Hbond substituents is 2. The number of benzene rings is 1. The van der Waals surface area contributed by atoms with E-state index < -0.39 is 0 Å². The first-order chi connectivity index (χ1) is 11.6. The first-order valence-electron chi connectivity index (χ1n) is 7.30. The molecule has 0 amide bonds. The summed E-state index contributed by atoms with van der Waals surface area (Å²) in [5, 5.41) is 24.7. The van der Waals surface area contributed by atoms with Gasteiger partial charge in [-0.3, -0.25) is 4.40 Å². The van der Waals surface area contributed by atoms with Gasteiger partial charge in [0.15, 0.2) is 16.6 Å². The Morgan fingerprint density at radius 3 is 2.79 bits per heavy atom. The van der Waals surface area contributed by atoms with Gasteiger partial charge in [-0.25, -0.2) is 9.97 Å². The predicted molar refractivity (Wildman–Crippen MR) is 94.1 cm³/mol. The lowest BCUT2D eigenvalue weighted by atomic mass is 10.3. The Kier molecular flexibility index (Phi) is 3.35. The van der Waals surface area contributed by atoms with Crippen LogP contribution in [-0.4, -0.2) is 24.6 Å². The lowest BCUT2D eigenvalue weighted by Gasteiger charge is -2.04. The number of pyridine rings is 1. The average Bonchev–Trinajstić information content (AvgIpc) is 3.14. The van der Waals surface area contributed by atoms with Gasteiger partial charge in [0.05, 0.1) is 11.4 Å². The normalized spacial score (nSPS) is 11.0. The largest absolute Gasteiger partial charge is 0.504 e. The summed E-state index contributed by atoms with van der Waals surface area (Å²) in [6.07, 6.45) is 1.97. The van der Waals surface area contributed by atoms with E-state index >= 15 is 0 Å². The fourth-order valence-electron chi connectivity index (χ4n) is 2.59. The van der Waals surface area contributed by atoms with Crippen LogP contribution in [0.1, 0.15) is 5.69 Å². The molecule has 0 aliphatic carbocycles. The Balaban J connectivity index is 1.69. The number of fused-ring (bicyclic) bond motifs is 1. The van der Waals surface area contributed by atoms with Crippen molar-refractivity contribution in [2.24, 2.45) is 0 Å². The number of imidazole rings is 1. The Hall–Kier alpha value is -3.06. The molecule has 7 heteroatoms. The first kappa shape index (κ1) is 14.5.